The van der Waals surface area contributed by atoms with Crippen LogP contribution < -0.4 is 9.54 Å². The number of nitrogens with zero attached hydrogens (tertiary/aromatic N) is 2. The number of amides is 1. The molecular formula is C18H16Cl2N2O3S. The number of ether oxygens (including phenoxy) is 2. The van der Waals surface area contributed by atoms with E-state index in [1.54, 1.807) is 25.3 Å². The van der Waals surface area contributed by atoms with Crippen LogP contribution in [0.5, 0.6) is 5.75 Å². The van der Waals surface area contributed by atoms with Crippen LogP contribution in [0.3, 0.4) is 0 Å². The Morgan fingerprint density at radius 2 is 1.96 bits per heavy atom. The number of thiazole rings is 1. The minimum absolute atomic E-state index is 0.142. The van der Waals surface area contributed by atoms with Crippen LogP contribution in [0, 0.1) is 0 Å². The number of aromatic nitrogens is 1. The minimum atomic E-state index is -0.381. The molecule has 0 atom stereocenters. The summed E-state index contributed by atoms with van der Waals surface area (Å²) in [5.41, 5.74) is 0.747. The van der Waals surface area contributed by atoms with E-state index in [4.69, 9.17) is 32.7 Å². The Kier molecular flexibility index (Phi) is 6.32. The summed E-state index contributed by atoms with van der Waals surface area (Å²) in [6.45, 7) is 0.815. The van der Waals surface area contributed by atoms with Gasteiger partial charge in [-0.2, -0.15) is 4.99 Å². The molecule has 1 aromatic heterocycles. The highest BCUT2D eigenvalue weighted by molar-refractivity contribution is 7.16. The van der Waals surface area contributed by atoms with Crippen molar-refractivity contribution in [1.29, 1.82) is 0 Å². The van der Waals surface area contributed by atoms with Crippen LogP contribution >= 0.6 is 34.5 Å². The summed E-state index contributed by atoms with van der Waals surface area (Å²) < 4.78 is 13.4. The number of halogens is 2. The van der Waals surface area contributed by atoms with Gasteiger partial charge in [0.15, 0.2) is 11.4 Å². The quantitative estimate of drug-likeness (QED) is 0.612. The average molecular weight is 411 g/mol. The number of benzene rings is 2. The minimum Gasteiger partial charge on any atom is -0.484 e. The molecule has 0 spiro atoms. The van der Waals surface area contributed by atoms with Gasteiger partial charge in [0.2, 0.25) is 0 Å². The van der Waals surface area contributed by atoms with Gasteiger partial charge in [-0.1, -0.05) is 52.7 Å². The maximum atomic E-state index is 12.3. The van der Waals surface area contributed by atoms with E-state index >= 15 is 0 Å². The first kappa shape index (κ1) is 18.9. The molecule has 0 radical (unpaired) electrons. The Morgan fingerprint density at radius 1 is 1.19 bits per heavy atom. The number of methoxy groups -OCH3 is 1. The molecule has 8 heteroatoms. The lowest BCUT2D eigenvalue weighted by Gasteiger charge is -2.06. The molecule has 0 aliphatic heterocycles. The van der Waals surface area contributed by atoms with Gasteiger partial charge in [0.05, 0.1) is 26.9 Å². The van der Waals surface area contributed by atoms with Crippen LogP contribution in [0.2, 0.25) is 10.0 Å². The molecule has 0 aliphatic rings. The first-order valence-electron chi connectivity index (χ1n) is 7.82. The van der Waals surface area contributed by atoms with E-state index in [-0.39, 0.29) is 12.5 Å². The van der Waals surface area contributed by atoms with E-state index in [0.717, 1.165) is 10.2 Å². The van der Waals surface area contributed by atoms with Gasteiger partial charge >= 0.3 is 0 Å². The van der Waals surface area contributed by atoms with Crippen LogP contribution in [-0.4, -0.2) is 30.8 Å². The molecule has 0 N–H and O–H groups in total. The second-order valence-corrected chi connectivity index (χ2v) is 7.14. The van der Waals surface area contributed by atoms with Crippen LogP contribution in [0.25, 0.3) is 10.2 Å². The molecule has 3 rings (SSSR count). The molecule has 3 aromatic rings. The summed E-state index contributed by atoms with van der Waals surface area (Å²) in [7, 11) is 1.61. The fourth-order valence-electron chi connectivity index (χ4n) is 2.38. The normalized spacial score (nSPS) is 11.9. The van der Waals surface area contributed by atoms with E-state index in [2.05, 4.69) is 4.99 Å². The van der Waals surface area contributed by atoms with Crippen LogP contribution in [0.1, 0.15) is 0 Å². The van der Waals surface area contributed by atoms with Gasteiger partial charge in [0.1, 0.15) is 5.75 Å². The van der Waals surface area contributed by atoms with Gasteiger partial charge in [-0.15, -0.1) is 0 Å². The molecule has 26 heavy (non-hydrogen) atoms. The topological polar surface area (TPSA) is 52.8 Å². The van der Waals surface area contributed by atoms with Crippen molar-refractivity contribution in [3.8, 4) is 5.75 Å². The van der Waals surface area contributed by atoms with Crippen molar-refractivity contribution in [2.75, 3.05) is 20.3 Å². The Bertz CT molecular complexity index is 983. The summed E-state index contributed by atoms with van der Waals surface area (Å²) in [6.07, 6.45) is 0. The van der Waals surface area contributed by atoms with Crippen molar-refractivity contribution in [1.82, 2.24) is 4.57 Å². The van der Waals surface area contributed by atoms with Gasteiger partial charge in [-0.05, 0) is 24.3 Å². The molecule has 0 unspecified atom stereocenters. The molecule has 0 aliphatic carbocycles. The van der Waals surface area contributed by atoms with Crippen molar-refractivity contribution in [3.63, 3.8) is 0 Å². The Morgan fingerprint density at radius 3 is 2.69 bits per heavy atom. The summed E-state index contributed by atoms with van der Waals surface area (Å²) in [5.74, 6) is 0.239. The van der Waals surface area contributed by atoms with Gasteiger partial charge in [0, 0.05) is 13.7 Å². The van der Waals surface area contributed by atoms with Crippen LogP contribution in [-0.2, 0) is 16.1 Å². The van der Waals surface area contributed by atoms with Crippen molar-refractivity contribution >= 4 is 50.7 Å². The standard InChI is InChI=1S/C18H16Cl2N2O3S/c1-24-10-9-22-17-14(8-7-13(19)16(17)20)26-18(22)21-15(23)11-25-12-5-3-2-4-6-12/h2-8H,9-11H2,1H3. The zero-order valence-electron chi connectivity index (χ0n) is 13.9. The van der Waals surface area contributed by atoms with E-state index < -0.39 is 0 Å². The zero-order valence-corrected chi connectivity index (χ0v) is 16.3. The summed E-state index contributed by atoms with van der Waals surface area (Å²) in [4.78, 5) is 17.0. The van der Waals surface area contributed by atoms with Crippen LogP contribution in [0.15, 0.2) is 47.5 Å². The Hall–Kier alpha value is -1.86. The Balaban J connectivity index is 1.93. The van der Waals surface area contributed by atoms with E-state index in [1.807, 2.05) is 28.8 Å². The molecular weight excluding hydrogens is 395 g/mol. The third-order valence-corrected chi connectivity index (χ3v) is 5.42. The molecule has 1 heterocycles. The number of carbonyl (C=O) groups excluding carboxylic acids is 1. The van der Waals surface area contributed by atoms with Crippen LogP contribution in [0.4, 0.5) is 0 Å². The number of rotatable bonds is 6. The summed E-state index contributed by atoms with van der Waals surface area (Å²) in [5, 5.41) is 0.888. The first-order valence-corrected chi connectivity index (χ1v) is 9.39. The summed E-state index contributed by atoms with van der Waals surface area (Å²) in [6, 6.07) is 12.7. The smallest absolute Gasteiger partial charge is 0.286 e. The van der Waals surface area contributed by atoms with Gasteiger partial charge < -0.3 is 14.0 Å². The van der Waals surface area contributed by atoms with Crippen molar-refractivity contribution in [2.24, 2.45) is 4.99 Å². The molecule has 0 saturated heterocycles. The highest BCUT2D eigenvalue weighted by Crippen LogP contribution is 2.32. The van der Waals surface area contributed by atoms with Crippen molar-refractivity contribution < 1.29 is 14.3 Å². The van der Waals surface area contributed by atoms with E-state index in [1.165, 1.54) is 11.3 Å². The third-order valence-electron chi connectivity index (χ3n) is 3.58. The fourth-order valence-corrected chi connectivity index (χ4v) is 3.94. The maximum absolute atomic E-state index is 12.3. The highest BCUT2D eigenvalue weighted by atomic mass is 35.5. The predicted octanol–water partition coefficient (Wildman–Crippen LogP) is 4.16. The molecule has 1 amide bonds. The molecule has 0 bridgehead atoms. The Labute approximate surface area is 164 Å². The lowest BCUT2D eigenvalue weighted by Crippen LogP contribution is -2.21. The lowest BCUT2D eigenvalue weighted by molar-refractivity contribution is -0.120. The lowest BCUT2D eigenvalue weighted by atomic mass is 10.3. The molecule has 5 nitrogen and oxygen atoms in total. The second kappa shape index (κ2) is 8.68. The third kappa shape index (κ3) is 4.27. The van der Waals surface area contributed by atoms with Gasteiger partial charge in [-0.3, -0.25) is 4.79 Å². The zero-order chi connectivity index (χ0) is 18.5. The number of hydrogen-bond donors (Lipinski definition) is 0. The molecule has 0 saturated carbocycles. The van der Waals surface area contributed by atoms with E-state index in [0.29, 0.717) is 33.7 Å². The van der Waals surface area contributed by atoms with Gasteiger partial charge in [-0.25, -0.2) is 0 Å². The monoisotopic (exact) mass is 410 g/mol. The second-order valence-electron chi connectivity index (χ2n) is 5.34. The predicted molar refractivity (Wildman–Crippen MR) is 104 cm³/mol. The first-order chi connectivity index (χ1) is 12.6. The maximum Gasteiger partial charge on any atom is 0.286 e. The van der Waals surface area contributed by atoms with Crippen molar-refractivity contribution in [3.05, 3.63) is 57.3 Å². The summed E-state index contributed by atoms with van der Waals surface area (Å²) >= 11 is 13.9. The molecule has 2 aromatic carbocycles. The fraction of sp³-hybridized carbons (Fsp3) is 0.222. The number of para-hydroxylation sites is 1. The number of hydrogen-bond acceptors (Lipinski definition) is 4. The highest BCUT2D eigenvalue weighted by Gasteiger charge is 2.13. The number of fused-ring (bicyclic) bond motifs is 1. The molecule has 0 fully saturated rings. The van der Waals surface area contributed by atoms with E-state index in [9.17, 15) is 4.79 Å². The SMILES string of the molecule is COCCn1c(=NC(=O)COc2ccccc2)sc2ccc(Cl)c(Cl)c21. The largest absolute Gasteiger partial charge is 0.484 e. The van der Waals surface area contributed by atoms with Gasteiger partial charge in [0.25, 0.3) is 5.91 Å². The average Bonchev–Trinajstić information content (AvgIpc) is 3.00. The van der Waals surface area contributed by atoms with Crippen molar-refractivity contribution in [2.45, 2.75) is 6.54 Å². The molecule has 136 valence electrons. The number of carbonyl (C=O) groups is 1.